The summed E-state index contributed by atoms with van der Waals surface area (Å²) in [6.45, 7) is 3.16. The maximum atomic E-state index is 10.7. The van der Waals surface area contributed by atoms with Gasteiger partial charge in [-0.2, -0.15) is 0 Å². The van der Waals surface area contributed by atoms with Gasteiger partial charge in [0.2, 0.25) is 0 Å². The average molecular weight is 289 g/mol. The summed E-state index contributed by atoms with van der Waals surface area (Å²) < 4.78 is 5.87. The first kappa shape index (κ1) is 14.4. The zero-order valence-electron chi connectivity index (χ0n) is 12.3. The van der Waals surface area contributed by atoms with E-state index in [1.54, 1.807) is 12.1 Å². The minimum Gasteiger partial charge on any atom is -0.507 e. The molecule has 2 aliphatic heterocycles. The molecular formula is C17H23NO3. The molecule has 0 unspecified atom stereocenters. The Bertz CT molecular complexity index is 501. The highest BCUT2D eigenvalue weighted by atomic mass is 16.5. The molecule has 2 fully saturated rings. The predicted octanol–water partition coefficient (Wildman–Crippen LogP) is 2.85. The third-order valence-electron chi connectivity index (χ3n) is 4.82. The Labute approximate surface area is 125 Å². The van der Waals surface area contributed by atoms with E-state index in [-0.39, 0.29) is 5.75 Å². The van der Waals surface area contributed by atoms with Gasteiger partial charge in [-0.15, -0.1) is 0 Å². The zero-order chi connectivity index (χ0) is 14.7. The number of phenolic OH excluding ortho intramolecular Hbond substituents is 1. The molecule has 0 amide bonds. The third-order valence-corrected chi connectivity index (χ3v) is 4.82. The van der Waals surface area contributed by atoms with Gasteiger partial charge in [0.05, 0.1) is 12.2 Å². The Balaban J connectivity index is 1.61. The van der Waals surface area contributed by atoms with Crippen LogP contribution in [0.5, 0.6) is 11.5 Å². The van der Waals surface area contributed by atoms with Gasteiger partial charge in [-0.25, -0.2) is 0 Å². The summed E-state index contributed by atoms with van der Waals surface area (Å²) in [5, 5.41) is 9.70. The second-order valence-corrected chi connectivity index (χ2v) is 6.15. The highest BCUT2D eigenvalue weighted by Gasteiger charge is 2.33. The molecule has 1 N–H and O–H groups in total. The van der Waals surface area contributed by atoms with Crippen LogP contribution in [0.4, 0.5) is 0 Å². The molecule has 0 saturated carbocycles. The van der Waals surface area contributed by atoms with Crippen molar-refractivity contribution in [3.63, 3.8) is 0 Å². The van der Waals surface area contributed by atoms with Crippen molar-refractivity contribution in [3.05, 3.63) is 23.8 Å². The van der Waals surface area contributed by atoms with Crippen molar-refractivity contribution in [2.75, 3.05) is 19.7 Å². The molecule has 0 bridgehead atoms. The van der Waals surface area contributed by atoms with E-state index in [4.69, 9.17) is 4.74 Å². The number of rotatable bonds is 4. The number of carbonyl (C=O) groups is 1. The van der Waals surface area contributed by atoms with Crippen LogP contribution in [0.15, 0.2) is 18.2 Å². The van der Waals surface area contributed by atoms with Crippen LogP contribution in [-0.2, 0) is 0 Å². The predicted molar refractivity (Wildman–Crippen MR) is 80.9 cm³/mol. The van der Waals surface area contributed by atoms with Crippen molar-refractivity contribution in [2.24, 2.45) is 5.92 Å². The minimum absolute atomic E-state index is 0.00885. The number of nitrogens with zero attached hydrogens (tertiary/aromatic N) is 1. The Hall–Kier alpha value is -1.55. The molecule has 0 aliphatic carbocycles. The number of ether oxygens (including phenoxy) is 1. The number of fused-ring (bicyclic) bond motifs is 1. The van der Waals surface area contributed by atoms with Gasteiger partial charge in [0.15, 0.2) is 6.29 Å². The SMILES string of the molecule is O=Cc1ccc(OC[C@@H]2CCCN3CCCC[C@H]23)cc1O. The van der Waals surface area contributed by atoms with Crippen LogP contribution >= 0.6 is 0 Å². The van der Waals surface area contributed by atoms with Crippen LogP contribution in [0.25, 0.3) is 0 Å². The van der Waals surface area contributed by atoms with E-state index in [1.807, 2.05) is 0 Å². The standard InChI is InChI=1S/C17H23NO3/c19-11-13-6-7-15(10-17(13)20)21-12-14-4-3-9-18-8-2-1-5-16(14)18/h6-7,10-11,14,16,20H,1-5,8-9,12H2/t14-,16+/m0/s1. The molecule has 3 rings (SSSR count). The molecule has 2 aliphatic rings. The Morgan fingerprint density at radius 1 is 1.24 bits per heavy atom. The molecule has 2 saturated heterocycles. The van der Waals surface area contributed by atoms with Crippen LogP contribution in [-0.4, -0.2) is 42.0 Å². The number of hydrogen-bond donors (Lipinski definition) is 1. The third kappa shape index (κ3) is 3.21. The monoisotopic (exact) mass is 289 g/mol. The molecule has 1 aromatic carbocycles. The van der Waals surface area contributed by atoms with E-state index in [1.165, 1.54) is 51.3 Å². The van der Waals surface area contributed by atoms with Crippen molar-refractivity contribution < 1.29 is 14.6 Å². The van der Waals surface area contributed by atoms with Gasteiger partial charge in [0, 0.05) is 18.0 Å². The Morgan fingerprint density at radius 2 is 2.10 bits per heavy atom. The van der Waals surface area contributed by atoms with Crippen molar-refractivity contribution in [1.29, 1.82) is 0 Å². The van der Waals surface area contributed by atoms with Crippen molar-refractivity contribution >= 4 is 6.29 Å². The molecule has 2 atom stereocenters. The van der Waals surface area contributed by atoms with Gasteiger partial charge in [0.1, 0.15) is 11.5 Å². The number of aromatic hydroxyl groups is 1. The van der Waals surface area contributed by atoms with Crippen LogP contribution in [0.1, 0.15) is 42.5 Å². The van der Waals surface area contributed by atoms with Gasteiger partial charge < -0.3 is 9.84 Å². The van der Waals surface area contributed by atoms with Gasteiger partial charge in [-0.05, 0) is 50.9 Å². The summed E-state index contributed by atoms with van der Waals surface area (Å²) in [5.41, 5.74) is 0.304. The normalized spacial score (nSPS) is 26.1. The fourth-order valence-corrected chi connectivity index (χ4v) is 3.69. The van der Waals surface area contributed by atoms with Crippen LogP contribution in [0.3, 0.4) is 0 Å². The Kier molecular flexibility index (Phi) is 4.44. The molecule has 0 spiro atoms. The summed E-state index contributed by atoms with van der Waals surface area (Å²) in [6.07, 6.45) is 7.06. The molecule has 21 heavy (non-hydrogen) atoms. The van der Waals surface area contributed by atoms with Crippen molar-refractivity contribution in [2.45, 2.75) is 38.1 Å². The maximum absolute atomic E-state index is 10.7. The number of phenols is 1. The number of piperidine rings is 2. The highest BCUT2D eigenvalue weighted by Crippen LogP contribution is 2.31. The number of benzene rings is 1. The molecule has 0 aromatic heterocycles. The first-order chi connectivity index (χ1) is 10.3. The molecule has 2 heterocycles. The fourth-order valence-electron chi connectivity index (χ4n) is 3.69. The van der Waals surface area contributed by atoms with E-state index >= 15 is 0 Å². The lowest BCUT2D eigenvalue weighted by Crippen LogP contribution is -2.49. The van der Waals surface area contributed by atoms with Gasteiger partial charge in [0.25, 0.3) is 0 Å². The second-order valence-electron chi connectivity index (χ2n) is 6.15. The molecular weight excluding hydrogens is 266 g/mol. The molecule has 1 aromatic rings. The lowest BCUT2D eigenvalue weighted by Gasteiger charge is -2.44. The van der Waals surface area contributed by atoms with Crippen LogP contribution in [0, 0.1) is 5.92 Å². The summed E-state index contributed by atoms with van der Waals surface area (Å²) >= 11 is 0. The number of hydrogen-bond acceptors (Lipinski definition) is 4. The zero-order valence-corrected chi connectivity index (χ0v) is 12.3. The summed E-state index contributed by atoms with van der Waals surface area (Å²) in [4.78, 5) is 13.3. The van der Waals surface area contributed by atoms with Crippen LogP contribution < -0.4 is 4.74 Å². The quantitative estimate of drug-likeness (QED) is 0.866. The molecule has 0 radical (unpaired) electrons. The largest absolute Gasteiger partial charge is 0.507 e. The van der Waals surface area contributed by atoms with E-state index in [0.29, 0.717) is 36.2 Å². The van der Waals surface area contributed by atoms with Gasteiger partial charge >= 0.3 is 0 Å². The van der Waals surface area contributed by atoms with E-state index < -0.39 is 0 Å². The average Bonchev–Trinajstić information content (AvgIpc) is 2.53. The van der Waals surface area contributed by atoms with E-state index in [9.17, 15) is 9.90 Å². The second kappa shape index (κ2) is 6.48. The number of carbonyl (C=O) groups excluding carboxylic acids is 1. The summed E-state index contributed by atoms with van der Waals surface area (Å²) in [7, 11) is 0. The van der Waals surface area contributed by atoms with E-state index in [2.05, 4.69) is 4.90 Å². The maximum Gasteiger partial charge on any atom is 0.153 e. The molecule has 4 heteroatoms. The lowest BCUT2D eigenvalue weighted by atomic mass is 9.84. The van der Waals surface area contributed by atoms with Gasteiger partial charge in [-0.1, -0.05) is 6.42 Å². The van der Waals surface area contributed by atoms with E-state index in [0.717, 1.165) is 0 Å². The minimum atomic E-state index is -0.00885. The first-order valence-electron chi connectivity index (χ1n) is 7.93. The topological polar surface area (TPSA) is 49.8 Å². The smallest absolute Gasteiger partial charge is 0.153 e. The number of aldehydes is 1. The Morgan fingerprint density at radius 3 is 2.90 bits per heavy atom. The lowest BCUT2D eigenvalue weighted by molar-refractivity contribution is 0.0366. The first-order valence-corrected chi connectivity index (χ1v) is 7.93. The highest BCUT2D eigenvalue weighted by molar-refractivity contribution is 5.79. The summed E-state index contributed by atoms with van der Waals surface area (Å²) in [5.74, 6) is 1.21. The molecule has 114 valence electrons. The van der Waals surface area contributed by atoms with Gasteiger partial charge in [-0.3, -0.25) is 9.69 Å². The van der Waals surface area contributed by atoms with Crippen molar-refractivity contribution in [1.82, 2.24) is 4.90 Å². The van der Waals surface area contributed by atoms with Crippen molar-refractivity contribution in [3.8, 4) is 11.5 Å². The summed E-state index contributed by atoms with van der Waals surface area (Å²) in [6, 6.07) is 5.55. The molecule has 4 nitrogen and oxygen atoms in total. The van der Waals surface area contributed by atoms with Crippen LogP contribution in [0.2, 0.25) is 0 Å². The fraction of sp³-hybridized carbons (Fsp3) is 0.588.